The van der Waals surface area contributed by atoms with E-state index in [1.54, 1.807) is 41.3 Å². The van der Waals surface area contributed by atoms with Crippen LogP contribution in [0.5, 0.6) is 0 Å². The van der Waals surface area contributed by atoms with Gasteiger partial charge in [0.25, 0.3) is 11.6 Å². The Labute approximate surface area is 198 Å². The number of carbonyl (C=O) groups is 2. The van der Waals surface area contributed by atoms with E-state index in [9.17, 15) is 19.7 Å². The summed E-state index contributed by atoms with van der Waals surface area (Å²) < 4.78 is 0. The normalized spacial score (nSPS) is 17.1. The van der Waals surface area contributed by atoms with Gasteiger partial charge in [0.05, 0.1) is 16.7 Å². The van der Waals surface area contributed by atoms with Crippen molar-refractivity contribution in [3.63, 3.8) is 0 Å². The molecule has 2 amide bonds. The summed E-state index contributed by atoms with van der Waals surface area (Å²) in [6, 6.07) is 22.1. The van der Waals surface area contributed by atoms with E-state index in [2.05, 4.69) is 0 Å². The van der Waals surface area contributed by atoms with Crippen LogP contribution in [0.1, 0.15) is 55.1 Å². The lowest BCUT2D eigenvalue weighted by Gasteiger charge is -2.43. The maximum Gasteiger partial charge on any atom is 0.271 e. The van der Waals surface area contributed by atoms with E-state index in [4.69, 9.17) is 0 Å². The first-order valence-corrected chi connectivity index (χ1v) is 11.5. The number of non-ortho nitro benzene ring substituents is 1. The van der Waals surface area contributed by atoms with Gasteiger partial charge in [-0.05, 0) is 49.6 Å². The van der Waals surface area contributed by atoms with Gasteiger partial charge in [-0.25, -0.2) is 0 Å². The van der Waals surface area contributed by atoms with Crippen LogP contribution in [0.2, 0.25) is 0 Å². The molecule has 0 saturated heterocycles. The molecule has 0 unspecified atom stereocenters. The smallest absolute Gasteiger partial charge is 0.271 e. The Balaban J connectivity index is 1.87. The number of nitro groups is 1. The number of nitro benzene ring substituents is 1. The molecule has 3 aromatic carbocycles. The lowest BCUT2D eigenvalue weighted by Crippen LogP contribution is -2.47. The van der Waals surface area contributed by atoms with Gasteiger partial charge in [-0.3, -0.25) is 19.7 Å². The number of nitrogens with zero attached hydrogens (tertiary/aromatic N) is 3. The molecule has 0 radical (unpaired) electrons. The van der Waals surface area contributed by atoms with E-state index in [-0.39, 0.29) is 23.5 Å². The van der Waals surface area contributed by atoms with Crippen molar-refractivity contribution in [2.24, 2.45) is 0 Å². The lowest BCUT2D eigenvalue weighted by atomic mass is 9.89. The third kappa shape index (κ3) is 4.41. The second kappa shape index (κ2) is 9.87. The Hall–Kier alpha value is -4.00. The van der Waals surface area contributed by atoms with Crippen molar-refractivity contribution in [3.05, 3.63) is 100 Å². The van der Waals surface area contributed by atoms with Crippen molar-refractivity contribution >= 4 is 28.9 Å². The fourth-order valence-corrected chi connectivity index (χ4v) is 4.66. The highest BCUT2D eigenvalue weighted by Crippen LogP contribution is 2.43. The zero-order valence-corrected chi connectivity index (χ0v) is 19.3. The van der Waals surface area contributed by atoms with E-state index in [1.807, 2.05) is 49.1 Å². The molecule has 0 spiro atoms. The van der Waals surface area contributed by atoms with E-state index < -0.39 is 11.0 Å². The average molecular weight is 458 g/mol. The SMILES string of the molecule is CCCC(=O)N1c2ccccc2[C@@H](N(C(=O)c2ccccc2)c2cccc([N+](=O)[O-])c2)C[C@@H]1C. The molecular formula is C27H27N3O4. The van der Waals surface area contributed by atoms with Crippen LogP contribution in [0.15, 0.2) is 78.9 Å². The summed E-state index contributed by atoms with van der Waals surface area (Å²) in [6.07, 6.45) is 1.70. The molecule has 7 heteroatoms. The van der Waals surface area contributed by atoms with Crippen LogP contribution in [-0.2, 0) is 4.79 Å². The molecule has 0 aromatic heterocycles. The van der Waals surface area contributed by atoms with Crippen LogP contribution in [0.4, 0.5) is 17.1 Å². The van der Waals surface area contributed by atoms with Crippen LogP contribution in [-0.4, -0.2) is 22.8 Å². The summed E-state index contributed by atoms with van der Waals surface area (Å²) in [5.41, 5.74) is 2.48. The molecule has 2 atom stereocenters. The number of carbonyl (C=O) groups excluding carboxylic acids is 2. The number of benzene rings is 3. The average Bonchev–Trinajstić information content (AvgIpc) is 2.85. The minimum Gasteiger partial charge on any atom is -0.309 e. The summed E-state index contributed by atoms with van der Waals surface area (Å²) >= 11 is 0. The molecule has 0 fully saturated rings. The van der Waals surface area contributed by atoms with Crippen molar-refractivity contribution < 1.29 is 14.5 Å². The second-order valence-corrected chi connectivity index (χ2v) is 8.49. The topological polar surface area (TPSA) is 83.8 Å². The van der Waals surface area contributed by atoms with Crippen molar-refractivity contribution in [1.82, 2.24) is 0 Å². The highest BCUT2D eigenvalue weighted by molar-refractivity contribution is 6.07. The zero-order chi connectivity index (χ0) is 24.2. The Morgan fingerprint density at radius 3 is 2.44 bits per heavy atom. The molecular weight excluding hydrogens is 430 g/mol. The molecule has 174 valence electrons. The van der Waals surface area contributed by atoms with Crippen LogP contribution in [0.25, 0.3) is 0 Å². The maximum absolute atomic E-state index is 13.8. The number of hydrogen-bond donors (Lipinski definition) is 0. The van der Waals surface area contributed by atoms with Crippen LogP contribution < -0.4 is 9.80 Å². The van der Waals surface area contributed by atoms with Gasteiger partial charge < -0.3 is 9.80 Å². The largest absolute Gasteiger partial charge is 0.309 e. The second-order valence-electron chi connectivity index (χ2n) is 8.49. The molecule has 1 aliphatic rings. The van der Waals surface area contributed by atoms with E-state index in [1.165, 1.54) is 12.1 Å². The standard InChI is InChI=1S/C27H27N3O4/c1-3-10-26(31)28-19(2)17-25(23-15-7-8-16-24(23)28)29(27(32)20-11-5-4-6-12-20)21-13-9-14-22(18-21)30(33)34/h4-9,11-16,18-19,25H,3,10,17H2,1-2H3/t19-,25-/m0/s1. The first kappa shape index (κ1) is 23.2. The molecule has 1 heterocycles. The van der Waals surface area contributed by atoms with Gasteiger partial charge >= 0.3 is 0 Å². The fourth-order valence-electron chi connectivity index (χ4n) is 4.66. The van der Waals surface area contributed by atoms with Crippen molar-refractivity contribution in [1.29, 1.82) is 0 Å². The van der Waals surface area contributed by atoms with Gasteiger partial charge in [-0.15, -0.1) is 0 Å². The Morgan fingerprint density at radius 2 is 1.74 bits per heavy atom. The molecule has 1 aliphatic heterocycles. The molecule has 4 rings (SSSR count). The number of amides is 2. The van der Waals surface area contributed by atoms with Crippen LogP contribution in [0, 0.1) is 10.1 Å². The number of fused-ring (bicyclic) bond motifs is 1. The van der Waals surface area contributed by atoms with Gasteiger partial charge in [0.2, 0.25) is 5.91 Å². The Kier molecular flexibility index (Phi) is 6.72. The quantitative estimate of drug-likeness (QED) is 0.340. The van der Waals surface area contributed by atoms with Gasteiger partial charge in [-0.2, -0.15) is 0 Å². The minimum atomic E-state index is -0.461. The van der Waals surface area contributed by atoms with E-state index in [0.717, 1.165) is 17.7 Å². The number of hydrogen-bond acceptors (Lipinski definition) is 4. The number of anilines is 2. The van der Waals surface area contributed by atoms with Gasteiger partial charge in [0.15, 0.2) is 0 Å². The first-order valence-electron chi connectivity index (χ1n) is 11.5. The first-order chi connectivity index (χ1) is 16.4. The summed E-state index contributed by atoms with van der Waals surface area (Å²) in [5.74, 6) is -0.196. The summed E-state index contributed by atoms with van der Waals surface area (Å²) in [4.78, 5) is 41.3. The van der Waals surface area contributed by atoms with Crippen molar-refractivity contribution in [2.45, 2.75) is 45.2 Å². The van der Waals surface area contributed by atoms with Crippen LogP contribution in [0.3, 0.4) is 0 Å². The van der Waals surface area contributed by atoms with Crippen molar-refractivity contribution in [2.75, 3.05) is 9.80 Å². The molecule has 0 N–H and O–H groups in total. The molecule has 0 aliphatic carbocycles. The van der Waals surface area contributed by atoms with E-state index in [0.29, 0.717) is 24.1 Å². The van der Waals surface area contributed by atoms with Crippen LogP contribution >= 0.6 is 0 Å². The third-order valence-corrected chi connectivity index (χ3v) is 6.16. The third-order valence-electron chi connectivity index (χ3n) is 6.16. The van der Waals surface area contributed by atoms with Gasteiger partial charge in [0, 0.05) is 35.8 Å². The van der Waals surface area contributed by atoms with Gasteiger partial charge in [-0.1, -0.05) is 49.4 Å². The highest BCUT2D eigenvalue weighted by atomic mass is 16.6. The Morgan fingerprint density at radius 1 is 1.03 bits per heavy atom. The monoisotopic (exact) mass is 457 g/mol. The lowest BCUT2D eigenvalue weighted by molar-refractivity contribution is -0.384. The minimum absolute atomic E-state index is 0.0529. The number of para-hydroxylation sites is 1. The summed E-state index contributed by atoms with van der Waals surface area (Å²) in [6.45, 7) is 3.96. The molecule has 0 saturated carbocycles. The fraction of sp³-hybridized carbons (Fsp3) is 0.259. The van der Waals surface area contributed by atoms with E-state index >= 15 is 0 Å². The molecule has 34 heavy (non-hydrogen) atoms. The molecule has 3 aromatic rings. The van der Waals surface area contributed by atoms with Crippen molar-refractivity contribution in [3.8, 4) is 0 Å². The molecule has 0 bridgehead atoms. The summed E-state index contributed by atoms with van der Waals surface area (Å²) in [5, 5.41) is 11.5. The summed E-state index contributed by atoms with van der Waals surface area (Å²) in [7, 11) is 0. The predicted molar refractivity (Wildman–Crippen MR) is 132 cm³/mol. The predicted octanol–water partition coefficient (Wildman–Crippen LogP) is 5.91. The Bertz CT molecular complexity index is 1210. The van der Waals surface area contributed by atoms with Gasteiger partial charge in [0.1, 0.15) is 0 Å². The molecule has 7 nitrogen and oxygen atoms in total. The number of rotatable bonds is 6. The zero-order valence-electron chi connectivity index (χ0n) is 19.3. The highest BCUT2D eigenvalue weighted by Gasteiger charge is 2.38. The maximum atomic E-state index is 13.8.